The Morgan fingerprint density at radius 2 is 0.895 bits per heavy atom. The van der Waals surface area contributed by atoms with Crippen LogP contribution in [0.5, 0.6) is 5.75 Å². The van der Waals surface area contributed by atoms with Crippen LogP contribution in [0.1, 0.15) is 11.1 Å². The third-order valence-corrected chi connectivity index (χ3v) is 11.0. The summed E-state index contributed by atoms with van der Waals surface area (Å²) in [5.41, 5.74) is 12.7. The Morgan fingerprint density at radius 1 is 0.439 bits per heavy atom. The van der Waals surface area contributed by atoms with Crippen molar-refractivity contribution in [3.8, 4) is 45.3 Å². The van der Waals surface area contributed by atoms with Gasteiger partial charge < -0.3 is 13.9 Å². The van der Waals surface area contributed by atoms with Gasteiger partial charge in [-0.1, -0.05) is 84.9 Å². The minimum Gasteiger partial charge on any atom is -0.497 e. The summed E-state index contributed by atoms with van der Waals surface area (Å²) in [4.78, 5) is 0. The number of para-hydroxylation sites is 4. The molecular formula is C48H36N8O. The van der Waals surface area contributed by atoms with Crippen molar-refractivity contribution < 1.29 is 4.74 Å². The maximum atomic E-state index is 5.73. The van der Waals surface area contributed by atoms with E-state index in [1.807, 2.05) is 57.0 Å². The van der Waals surface area contributed by atoms with Crippen molar-refractivity contribution >= 4 is 43.6 Å². The molecule has 5 aromatic heterocycles. The van der Waals surface area contributed by atoms with E-state index in [1.165, 1.54) is 0 Å². The van der Waals surface area contributed by atoms with Crippen molar-refractivity contribution in [3.63, 3.8) is 0 Å². The van der Waals surface area contributed by atoms with Gasteiger partial charge in [0.1, 0.15) is 28.5 Å². The molecule has 0 saturated heterocycles. The smallest absolute Gasteiger partial charge is 0.119 e. The van der Waals surface area contributed by atoms with E-state index in [9.17, 15) is 0 Å². The summed E-state index contributed by atoms with van der Waals surface area (Å²) in [6, 6.07) is 44.8. The Hall–Kier alpha value is -7.65. The van der Waals surface area contributed by atoms with Crippen LogP contribution in [0, 0.1) is 13.8 Å². The quantitative estimate of drug-likeness (QED) is 0.163. The van der Waals surface area contributed by atoms with Crippen LogP contribution < -0.4 is 4.74 Å². The lowest BCUT2D eigenvalue weighted by Gasteiger charge is -2.29. The van der Waals surface area contributed by atoms with E-state index in [1.54, 1.807) is 7.11 Å². The zero-order valence-electron chi connectivity index (χ0n) is 31.6. The molecular weight excluding hydrogens is 705 g/mol. The molecule has 0 atom stereocenters. The van der Waals surface area contributed by atoms with Gasteiger partial charge in [0.05, 0.1) is 47.3 Å². The minimum atomic E-state index is 0.771. The molecule has 0 spiro atoms. The minimum absolute atomic E-state index is 0.771. The van der Waals surface area contributed by atoms with Gasteiger partial charge in [0, 0.05) is 51.9 Å². The second-order valence-corrected chi connectivity index (χ2v) is 14.5. The molecule has 0 aliphatic rings. The molecule has 0 N–H and O–H groups in total. The van der Waals surface area contributed by atoms with Gasteiger partial charge in [-0.15, -0.1) is 0 Å². The lowest BCUT2D eigenvalue weighted by Crippen LogP contribution is -2.19. The van der Waals surface area contributed by atoms with E-state index >= 15 is 0 Å². The number of ether oxygens (including phenoxy) is 1. The molecule has 274 valence electrons. The molecule has 11 aromatic rings. The summed E-state index contributed by atoms with van der Waals surface area (Å²) >= 11 is 0. The van der Waals surface area contributed by atoms with Gasteiger partial charge in [0.2, 0.25) is 0 Å². The fraction of sp³-hybridized carbons (Fsp3) is 0.0625. The number of nitrogens with zero attached hydrogens (tertiary/aromatic N) is 8. The fourth-order valence-corrected chi connectivity index (χ4v) is 8.60. The van der Waals surface area contributed by atoms with Crippen molar-refractivity contribution in [2.75, 3.05) is 7.11 Å². The number of aryl methyl sites for hydroxylation is 2. The number of methoxy groups -OCH3 is 1. The normalized spacial score (nSPS) is 11.8. The van der Waals surface area contributed by atoms with E-state index in [0.717, 1.165) is 100 Å². The number of aromatic nitrogens is 8. The van der Waals surface area contributed by atoms with Crippen LogP contribution in [0.25, 0.3) is 83.2 Å². The molecule has 0 aliphatic carbocycles. The molecule has 57 heavy (non-hydrogen) atoms. The van der Waals surface area contributed by atoms with E-state index in [4.69, 9.17) is 20.0 Å². The first-order valence-corrected chi connectivity index (χ1v) is 19.0. The van der Waals surface area contributed by atoms with Crippen molar-refractivity contribution in [1.82, 2.24) is 38.5 Å². The highest BCUT2D eigenvalue weighted by molar-refractivity contribution is 6.13. The molecule has 0 saturated carbocycles. The van der Waals surface area contributed by atoms with Gasteiger partial charge in [-0.3, -0.25) is 0 Å². The largest absolute Gasteiger partial charge is 0.497 e. The Labute approximate surface area is 327 Å². The molecule has 0 radical (unpaired) electrons. The predicted octanol–water partition coefficient (Wildman–Crippen LogP) is 10.7. The van der Waals surface area contributed by atoms with Gasteiger partial charge in [-0.25, -0.2) is 14.0 Å². The Bertz CT molecular complexity index is 3200. The molecule has 0 fully saturated rings. The summed E-state index contributed by atoms with van der Waals surface area (Å²) in [6.07, 6.45) is 11.9. The summed E-state index contributed by atoms with van der Waals surface area (Å²) in [7, 11) is 1.70. The lowest BCUT2D eigenvalue weighted by atomic mass is 9.95. The number of hydrogen-bond donors (Lipinski definition) is 0. The Balaban J connectivity index is 1.49. The highest BCUT2D eigenvalue weighted by Gasteiger charge is 2.34. The van der Waals surface area contributed by atoms with Crippen LogP contribution in [0.4, 0.5) is 0 Å². The third kappa shape index (κ3) is 4.92. The summed E-state index contributed by atoms with van der Waals surface area (Å²) in [6.45, 7) is 4.16. The summed E-state index contributed by atoms with van der Waals surface area (Å²) in [5, 5.41) is 19.9. The van der Waals surface area contributed by atoms with Crippen LogP contribution in [0.15, 0.2) is 165 Å². The van der Waals surface area contributed by atoms with Crippen LogP contribution in [-0.2, 0) is 0 Å². The lowest BCUT2D eigenvalue weighted by molar-refractivity contribution is 0.415. The molecule has 9 heteroatoms. The van der Waals surface area contributed by atoms with E-state index < -0.39 is 0 Å². The van der Waals surface area contributed by atoms with Crippen LogP contribution in [0.2, 0.25) is 0 Å². The van der Waals surface area contributed by atoms with Gasteiger partial charge in [0.15, 0.2) is 0 Å². The molecule has 11 rings (SSSR count). The number of rotatable bonds is 7. The van der Waals surface area contributed by atoms with Gasteiger partial charge in [-0.05, 0) is 73.0 Å². The first-order chi connectivity index (χ1) is 28.1. The van der Waals surface area contributed by atoms with Crippen molar-refractivity contribution in [2.24, 2.45) is 0 Å². The monoisotopic (exact) mass is 740 g/mol. The van der Waals surface area contributed by atoms with Crippen molar-refractivity contribution in [2.45, 2.75) is 13.8 Å². The highest BCUT2D eigenvalue weighted by atomic mass is 16.5. The first-order valence-electron chi connectivity index (χ1n) is 19.0. The first kappa shape index (κ1) is 32.8. The SMILES string of the molecule is COc1ccc(-c2c(-n3cc(C)cn3)c(-n3c4ccccc4c4ccccc43)c(-n3cccn3)c(-n3cc(C)cn3)c2-n2c3ccccc3c3ccccc32)cc1. The predicted molar refractivity (Wildman–Crippen MR) is 228 cm³/mol. The van der Waals surface area contributed by atoms with Crippen molar-refractivity contribution in [3.05, 3.63) is 176 Å². The Kier molecular flexibility index (Phi) is 7.30. The average molecular weight is 741 g/mol. The fourth-order valence-electron chi connectivity index (χ4n) is 8.60. The van der Waals surface area contributed by atoms with E-state index in [0.29, 0.717) is 0 Å². The molecule has 6 aromatic carbocycles. The second-order valence-electron chi connectivity index (χ2n) is 14.5. The third-order valence-electron chi connectivity index (χ3n) is 11.0. The number of benzene rings is 6. The topological polar surface area (TPSA) is 72.6 Å². The average Bonchev–Trinajstić information content (AvgIpc) is 4.11. The zero-order chi connectivity index (χ0) is 38.2. The molecule has 0 amide bonds. The molecule has 9 nitrogen and oxygen atoms in total. The van der Waals surface area contributed by atoms with Crippen LogP contribution in [0.3, 0.4) is 0 Å². The van der Waals surface area contributed by atoms with Crippen molar-refractivity contribution in [1.29, 1.82) is 0 Å². The van der Waals surface area contributed by atoms with Gasteiger partial charge in [0.25, 0.3) is 0 Å². The van der Waals surface area contributed by atoms with Gasteiger partial charge >= 0.3 is 0 Å². The number of fused-ring (bicyclic) bond motifs is 6. The highest BCUT2D eigenvalue weighted by Crippen LogP contribution is 2.49. The second kappa shape index (κ2) is 12.7. The molecule has 0 bridgehead atoms. The van der Waals surface area contributed by atoms with E-state index in [-0.39, 0.29) is 0 Å². The van der Waals surface area contributed by atoms with Gasteiger partial charge in [-0.2, -0.15) is 15.3 Å². The summed E-state index contributed by atoms with van der Waals surface area (Å²) < 4.78 is 16.6. The van der Waals surface area contributed by atoms with E-state index in [2.05, 4.69) is 145 Å². The Morgan fingerprint density at radius 3 is 1.33 bits per heavy atom. The zero-order valence-corrected chi connectivity index (χ0v) is 31.6. The van der Waals surface area contributed by atoms with Crippen LogP contribution >= 0.6 is 0 Å². The summed E-state index contributed by atoms with van der Waals surface area (Å²) in [5.74, 6) is 0.771. The maximum Gasteiger partial charge on any atom is 0.119 e. The number of hydrogen-bond acceptors (Lipinski definition) is 4. The molecule has 0 aliphatic heterocycles. The maximum absolute atomic E-state index is 5.73. The van der Waals surface area contributed by atoms with Crippen LogP contribution in [-0.4, -0.2) is 45.6 Å². The molecule has 5 heterocycles. The molecule has 0 unspecified atom stereocenters. The standard InChI is InChI=1S/C48H36N8O/c1-31-27-50-53(29-31)44-43(33-21-23-34(57-3)24-22-33)45(55-39-17-8-4-13-35(39)36-14-5-9-18-40(36)55)46(54-30-32(2)28-51-54)47(52-26-12-25-49-52)48(44)56-41-19-10-6-15-37(41)38-16-7-11-20-42(38)56/h4-30H,1-3H3.